The van der Waals surface area contributed by atoms with Crippen molar-refractivity contribution >= 4 is 27.3 Å². The highest BCUT2D eigenvalue weighted by Crippen LogP contribution is 2.27. The van der Waals surface area contributed by atoms with Crippen molar-refractivity contribution in [1.82, 2.24) is 5.32 Å². The van der Waals surface area contributed by atoms with Gasteiger partial charge in [0.2, 0.25) is 5.91 Å². The molecule has 1 N–H and O–H groups in total. The van der Waals surface area contributed by atoms with Crippen molar-refractivity contribution in [3.05, 3.63) is 64.7 Å². The predicted molar refractivity (Wildman–Crippen MR) is 120 cm³/mol. The molecule has 0 saturated heterocycles. The van der Waals surface area contributed by atoms with Crippen LogP contribution in [0.2, 0.25) is 0 Å². The van der Waals surface area contributed by atoms with Crippen LogP contribution in [0.25, 0.3) is 0 Å². The molecule has 3 rings (SSSR count). The van der Waals surface area contributed by atoms with Crippen molar-refractivity contribution in [2.75, 3.05) is 24.0 Å². The predicted octanol–water partition coefficient (Wildman–Crippen LogP) is 3.26. The number of carbonyl (C=O) groups excluding carboxylic acids is 1. The maximum atomic E-state index is 13.2. The van der Waals surface area contributed by atoms with Gasteiger partial charge in [-0.2, -0.15) is 0 Å². The highest BCUT2D eigenvalue weighted by Gasteiger charge is 2.28. The number of non-ortho nitro benzene ring substituents is 1. The van der Waals surface area contributed by atoms with E-state index >= 15 is 0 Å². The van der Waals surface area contributed by atoms with Crippen LogP contribution in [-0.4, -0.2) is 45.0 Å². The monoisotopic (exact) mass is 461 g/mol. The standard InChI is InChI=1S/C22H27N3O6S/c26-22(23-14-7-15-31-20-10-4-5-11-20)17-24(18-8-6-9-19(16-18)25(27)28)32(29,30)21-12-2-1-3-13-21/h1-3,6,8-9,12-13,16,20H,4-5,7,10-11,14-15,17H2,(H,23,26). The Bertz CT molecular complexity index is 1020. The number of rotatable bonds is 11. The van der Waals surface area contributed by atoms with E-state index in [4.69, 9.17) is 4.74 Å². The first-order valence-electron chi connectivity index (χ1n) is 10.6. The van der Waals surface area contributed by atoms with Crippen LogP contribution in [0.3, 0.4) is 0 Å². The molecule has 9 nitrogen and oxygen atoms in total. The van der Waals surface area contributed by atoms with E-state index in [9.17, 15) is 23.3 Å². The molecule has 32 heavy (non-hydrogen) atoms. The molecule has 0 radical (unpaired) electrons. The Hall–Kier alpha value is -2.98. The van der Waals surface area contributed by atoms with E-state index in [-0.39, 0.29) is 16.3 Å². The number of hydrogen-bond acceptors (Lipinski definition) is 6. The molecule has 1 saturated carbocycles. The highest BCUT2D eigenvalue weighted by atomic mass is 32.2. The largest absolute Gasteiger partial charge is 0.378 e. The van der Waals surface area contributed by atoms with Crippen LogP contribution in [0.15, 0.2) is 59.5 Å². The fourth-order valence-corrected chi connectivity index (χ4v) is 5.02. The van der Waals surface area contributed by atoms with Gasteiger partial charge >= 0.3 is 0 Å². The van der Waals surface area contributed by atoms with E-state index in [0.29, 0.717) is 25.7 Å². The van der Waals surface area contributed by atoms with E-state index < -0.39 is 27.4 Å². The summed E-state index contributed by atoms with van der Waals surface area (Å²) < 4.78 is 33.1. The lowest BCUT2D eigenvalue weighted by Crippen LogP contribution is -2.41. The van der Waals surface area contributed by atoms with Gasteiger partial charge in [-0.1, -0.05) is 37.1 Å². The van der Waals surface area contributed by atoms with E-state index in [1.807, 2.05) is 0 Å². The Morgan fingerprint density at radius 3 is 2.53 bits per heavy atom. The first-order valence-corrected chi connectivity index (χ1v) is 12.0. The Morgan fingerprint density at radius 2 is 1.84 bits per heavy atom. The summed E-state index contributed by atoms with van der Waals surface area (Å²) in [5, 5.41) is 13.9. The fourth-order valence-electron chi connectivity index (χ4n) is 3.59. The summed E-state index contributed by atoms with van der Waals surface area (Å²) in [6.45, 7) is 0.378. The molecule has 1 amide bonds. The number of amides is 1. The minimum absolute atomic E-state index is 0.00994. The molecular weight excluding hydrogens is 434 g/mol. The molecule has 2 aromatic rings. The van der Waals surface area contributed by atoms with Crippen molar-refractivity contribution in [3.8, 4) is 0 Å². The molecule has 0 atom stereocenters. The van der Waals surface area contributed by atoms with Gasteiger partial charge in [0.05, 0.1) is 21.6 Å². The van der Waals surface area contributed by atoms with Crippen LogP contribution >= 0.6 is 0 Å². The molecule has 1 aliphatic rings. The second kappa shape index (κ2) is 11.1. The zero-order valence-electron chi connectivity index (χ0n) is 17.7. The summed E-state index contributed by atoms with van der Waals surface area (Å²) >= 11 is 0. The lowest BCUT2D eigenvalue weighted by Gasteiger charge is -2.24. The molecule has 10 heteroatoms. The first-order chi connectivity index (χ1) is 15.4. The third-order valence-corrected chi connectivity index (χ3v) is 7.03. The lowest BCUT2D eigenvalue weighted by molar-refractivity contribution is -0.384. The second-order valence-electron chi connectivity index (χ2n) is 7.58. The van der Waals surface area contributed by atoms with Gasteiger partial charge in [-0.3, -0.25) is 19.2 Å². The summed E-state index contributed by atoms with van der Waals surface area (Å²) in [5.74, 6) is -0.503. The van der Waals surface area contributed by atoms with Gasteiger partial charge in [0.25, 0.3) is 15.7 Å². The number of carbonyl (C=O) groups is 1. The van der Waals surface area contributed by atoms with Crippen LogP contribution in [0, 0.1) is 10.1 Å². The Morgan fingerprint density at radius 1 is 1.12 bits per heavy atom. The van der Waals surface area contributed by atoms with Gasteiger partial charge in [-0.15, -0.1) is 0 Å². The van der Waals surface area contributed by atoms with E-state index in [2.05, 4.69) is 5.32 Å². The van der Waals surface area contributed by atoms with E-state index in [1.165, 1.54) is 43.2 Å². The number of anilines is 1. The summed E-state index contributed by atoms with van der Waals surface area (Å²) in [4.78, 5) is 23.1. The molecule has 0 aromatic heterocycles. The lowest BCUT2D eigenvalue weighted by atomic mass is 10.3. The summed E-state index contributed by atoms with van der Waals surface area (Å²) in [6, 6.07) is 12.9. The van der Waals surface area contributed by atoms with Crippen molar-refractivity contribution < 1.29 is 22.9 Å². The van der Waals surface area contributed by atoms with Gasteiger partial charge in [0.15, 0.2) is 0 Å². The second-order valence-corrected chi connectivity index (χ2v) is 9.44. The number of nitrogens with zero attached hydrogens (tertiary/aromatic N) is 2. The topological polar surface area (TPSA) is 119 Å². The number of hydrogen-bond donors (Lipinski definition) is 1. The number of nitro groups is 1. The molecule has 1 aliphatic carbocycles. The molecule has 0 unspecified atom stereocenters. The smallest absolute Gasteiger partial charge is 0.271 e. The fraction of sp³-hybridized carbons (Fsp3) is 0.409. The number of benzene rings is 2. The average molecular weight is 462 g/mol. The summed E-state index contributed by atoms with van der Waals surface area (Å²) in [7, 11) is -4.11. The van der Waals surface area contributed by atoms with Crippen LogP contribution in [0.1, 0.15) is 32.1 Å². The van der Waals surface area contributed by atoms with Crippen LogP contribution in [0.4, 0.5) is 11.4 Å². The Balaban J connectivity index is 1.69. The Labute approximate surface area is 187 Å². The van der Waals surface area contributed by atoms with Crippen LogP contribution in [-0.2, 0) is 19.6 Å². The third kappa shape index (κ3) is 6.27. The molecule has 0 aliphatic heterocycles. The van der Waals surface area contributed by atoms with Gasteiger partial charge in [0.1, 0.15) is 6.54 Å². The highest BCUT2D eigenvalue weighted by molar-refractivity contribution is 7.92. The third-order valence-electron chi connectivity index (χ3n) is 5.25. The molecular formula is C22H27N3O6S. The molecule has 172 valence electrons. The number of nitrogens with one attached hydrogen (secondary N) is 1. The minimum atomic E-state index is -4.11. The van der Waals surface area contributed by atoms with Crippen molar-refractivity contribution in [2.24, 2.45) is 0 Å². The number of sulfonamides is 1. The van der Waals surface area contributed by atoms with E-state index in [1.54, 1.807) is 18.2 Å². The molecule has 2 aromatic carbocycles. The van der Waals surface area contributed by atoms with E-state index in [0.717, 1.165) is 23.2 Å². The SMILES string of the molecule is O=C(CN(c1cccc([N+](=O)[O-])c1)S(=O)(=O)c1ccccc1)NCCCOC1CCCC1. The number of ether oxygens (including phenoxy) is 1. The zero-order chi connectivity index (χ0) is 23.0. The zero-order valence-corrected chi connectivity index (χ0v) is 18.5. The average Bonchev–Trinajstić information content (AvgIpc) is 3.31. The van der Waals surface area contributed by atoms with Gasteiger partial charge < -0.3 is 10.1 Å². The van der Waals surface area contributed by atoms with Crippen molar-refractivity contribution in [3.63, 3.8) is 0 Å². The molecule has 0 bridgehead atoms. The summed E-state index contributed by atoms with van der Waals surface area (Å²) in [6.07, 6.45) is 5.43. The number of nitro benzene ring substituents is 1. The van der Waals surface area contributed by atoms with Gasteiger partial charge in [-0.05, 0) is 37.5 Å². The normalized spacial score (nSPS) is 14.2. The van der Waals surface area contributed by atoms with Crippen LogP contribution in [0.5, 0.6) is 0 Å². The minimum Gasteiger partial charge on any atom is -0.378 e. The molecule has 0 heterocycles. The summed E-state index contributed by atoms with van der Waals surface area (Å²) in [5.41, 5.74) is -0.219. The van der Waals surface area contributed by atoms with Gasteiger partial charge in [0, 0.05) is 25.3 Å². The van der Waals surface area contributed by atoms with Crippen molar-refractivity contribution in [2.45, 2.75) is 43.1 Å². The Kier molecular flexibility index (Phi) is 8.18. The first kappa shape index (κ1) is 23.7. The van der Waals surface area contributed by atoms with Gasteiger partial charge in [-0.25, -0.2) is 8.42 Å². The van der Waals surface area contributed by atoms with Crippen LogP contribution < -0.4 is 9.62 Å². The quantitative estimate of drug-likeness (QED) is 0.312. The maximum Gasteiger partial charge on any atom is 0.271 e. The molecule has 0 spiro atoms. The van der Waals surface area contributed by atoms with Crippen molar-refractivity contribution in [1.29, 1.82) is 0 Å². The molecule has 1 fully saturated rings. The maximum absolute atomic E-state index is 13.2.